The number of aromatic amines is 1. The molecule has 30 heavy (non-hydrogen) atoms. The molecule has 156 valence electrons. The summed E-state index contributed by atoms with van der Waals surface area (Å²) in [6.07, 6.45) is 6.85. The Morgan fingerprint density at radius 3 is 2.67 bits per heavy atom. The number of halogens is 1. The molecular weight excluding hydrogens is 377 g/mol. The normalized spacial score (nSPS) is 10.4. The molecule has 0 aliphatic carbocycles. The average Bonchev–Trinajstić information content (AvgIpc) is 3.28. The maximum absolute atomic E-state index is 14.3. The summed E-state index contributed by atoms with van der Waals surface area (Å²) >= 11 is 0. The number of nitrogens with zero attached hydrogens (tertiary/aromatic N) is 2. The first-order valence-electron chi connectivity index (χ1n) is 9.68. The van der Waals surface area contributed by atoms with Gasteiger partial charge in [0.05, 0.1) is 12.2 Å². The SMILES string of the molecule is C=C.C=Nc1ccc(Nc2nc(NCc3ccc[nH]3)c(F)cc2C)cc1/C=C\CC. The Kier molecular flexibility index (Phi) is 8.56. The fourth-order valence-corrected chi connectivity index (χ4v) is 2.78. The van der Waals surface area contributed by atoms with Crippen molar-refractivity contribution in [2.45, 2.75) is 26.8 Å². The molecule has 2 aromatic heterocycles. The number of hydrogen-bond acceptors (Lipinski definition) is 4. The van der Waals surface area contributed by atoms with Crippen LogP contribution in [-0.4, -0.2) is 16.7 Å². The van der Waals surface area contributed by atoms with Crippen LogP contribution in [0.1, 0.15) is 30.2 Å². The Morgan fingerprint density at radius 2 is 2.00 bits per heavy atom. The molecule has 2 heterocycles. The van der Waals surface area contributed by atoms with Gasteiger partial charge in [-0.2, -0.15) is 0 Å². The first-order valence-corrected chi connectivity index (χ1v) is 9.68. The Balaban J connectivity index is 0.00000155. The van der Waals surface area contributed by atoms with Crippen molar-refractivity contribution < 1.29 is 4.39 Å². The molecule has 3 aromatic rings. The highest BCUT2D eigenvalue weighted by Gasteiger charge is 2.10. The van der Waals surface area contributed by atoms with Gasteiger partial charge >= 0.3 is 0 Å². The largest absolute Gasteiger partial charge is 0.364 e. The molecule has 0 saturated carbocycles. The summed E-state index contributed by atoms with van der Waals surface area (Å²) in [7, 11) is 0. The van der Waals surface area contributed by atoms with Crippen molar-refractivity contribution in [3.8, 4) is 0 Å². The van der Waals surface area contributed by atoms with E-state index in [9.17, 15) is 4.39 Å². The van der Waals surface area contributed by atoms with E-state index < -0.39 is 0 Å². The van der Waals surface area contributed by atoms with Crippen molar-refractivity contribution >= 4 is 35.8 Å². The Morgan fingerprint density at radius 1 is 1.20 bits per heavy atom. The lowest BCUT2D eigenvalue weighted by atomic mass is 10.1. The zero-order valence-corrected chi connectivity index (χ0v) is 17.5. The number of benzene rings is 1. The molecule has 0 aliphatic rings. The minimum atomic E-state index is -0.382. The van der Waals surface area contributed by atoms with E-state index in [1.165, 1.54) is 6.07 Å². The van der Waals surface area contributed by atoms with Crippen LogP contribution in [0.25, 0.3) is 6.08 Å². The zero-order chi connectivity index (χ0) is 21.9. The smallest absolute Gasteiger partial charge is 0.165 e. The van der Waals surface area contributed by atoms with Crippen LogP contribution in [0.2, 0.25) is 0 Å². The number of allylic oxidation sites excluding steroid dienone is 1. The zero-order valence-electron chi connectivity index (χ0n) is 17.5. The van der Waals surface area contributed by atoms with Gasteiger partial charge in [-0.3, -0.25) is 4.99 Å². The molecule has 3 N–H and O–H groups in total. The molecule has 1 aromatic carbocycles. The summed E-state index contributed by atoms with van der Waals surface area (Å²) in [5.74, 6) is 0.422. The van der Waals surface area contributed by atoms with Gasteiger partial charge in [-0.15, -0.1) is 13.2 Å². The van der Waals surface area contributed by atoms with Crippen LogP contribution in [0.15, 0.2) is 66.8 Å². The number of aryl methyl sites for hydroxylation is 1. The van der Waals surface area contributed by atoms with Crippen molar-refractivity contribution in [2.75, 3.05) is 10.6 Å². The van der Waals surface area contributed by atoms with Gasteiger partial charge < -0.3 is 15.6 Å². The molecule has 0 radical (unpaired) electrons. The fourth-order valence-electron chi connectivity index (χ4n) is 2.78. The summed E-state index contributed by atoms with van der Waals surface area (Å²) in [4.78, 5) is 11.6. The second-order valence-electron chi connectivity index (χ2n) is 6.40. The Labute approximate surface area is 177 Å². The van der Waals surface area contributed by atoms with Crippen molar-refractivity contribution in [1.29, 1.82) is 0 Å². The van der Waals surface area contributed by atoms with Crippen molar-refractivity contribution in [3.63, 3.8) is 0 Å². The van der Waals surface area contributed by atoms with E-state index >= 15 is 0 Å². The predicted octanol–water partition coefficient (Wildman–Crippen LogP) is 6.77. The van der Waals surface area contributed by atoms with Crippen LogP contribution < -0.4 is 10.6 Å². The fraction of sp³-hybridized carbons (Fsp3) is 0.167. The molecule has 0 fully saturated rings. The Hall–Kier alpha value is -3.67. The molecule has 0 amide bonds. The number of rotatable bonds is 8. The lowest BCUT2D eigenvalue weighted by Crippen LogP contribution is -2.07. The van der Waals surface area contributed by atoms with Crippen LogP contribution in [0.5, 0.6) is 0 Å². The lowest BCUT2D eigenvalue weighted by Gasteiger charge is -2.13. The summed E-state index contributed by atoms with van der Waals surface area (Å²) in [5, 5.41) is 6.31. The minimum Gasteiger partial charge on any atom is -0.364 e. The van der Waals surface area contributed by atoms with E-state index in [2.05, 4.69) is 58.5 Å². The third kappa shape index (κ3) is 5.91. The second kappa shape index (κ2) is 11.4. The molecule has 6 heteroatoms. The van der Waals surface area contributed by atoms with Gasteiger partial charge in [0.2, 0.25) is 0 Å². The summed E-state index contributed by atoms with van der Waals surface area (Å²) in [5.41, 5.74) is 4.30. The van der Waals surface area contributed by atoms with Gasteiger partial charge in [0.25, 0.3) is 0 Å². The van der Waals surface area contributed by atoms with E-state index in [0.717, 1.165) is 34.6 Å². The number of pyridine rings is 1. The van der Waals surface area contributed by atoms with Crippen molar-refractivity contribution in [2.24, 2.45) is 4.99 Å². The minimum absolute atomic E-state index is 0.207. The first-order chi connectivity index (χ1) is 14.6. The number of nitrogens with one attached hydrogen (secondary N) is 3. The van der Waals surface area contributed by atoms with Gasteiger partial charge in [-0.1, -0.05) is 19.1 Å². The van der Waals surface area contributed by atoms with Crippen LogP contribution in [0.4, 0.5) is 27.4 Å². The third-order valence-corrected chi connectivity index (χ3v) is 4.27. The second-order valence-corrected chi connectivity index (χ2v) is 6.40. The third-order valence-electron chi connectivity index (χ3n) is 4.27. The van der Waals surface area contributed by atoms with Crippen LogP contribution >= 0.6 is 0 Å². The molecule has 0 aliphatic heterocycles. The number of aromatic nitrogens is 2. The highest BCUT2D eigenvalue weighted by Crippen LogP contribution is 2.28. The van der Waals surface area contributed by atoms with Crippen LogP contribution in [0, 0.1) is 12.7 Å². The topological polar surface area (TPSA) is 65.1 Å². The van der Waals surface area contributed by atoms with Gasteiger partial charge in [0.15, 0.2) is 11.6 Å². The molecule has 0 saturated heterocycles. The van der Waals surface area contributed by atoms with Gasteiger partial charge in [-0.25, -0.2) is 9.37 Å². The van der Waals surface area contributed by atoms with E-state index in [-0.39, 0.29) is 11.6 Å². The highest BCUT2D eigenvalue weighted by atomic mass is 19.1. The molecule has 0 unspecified atom stereocenters. The maximum Gasteiger partial charge on any atom is 0.165 e. The molecule has 0 spiro atoms. The highest BCUT2D eigenvalue weighted by molar-refractivity contribution is 5.73. The van der Waals surface area contributed by atoms with Crippen LogP contribution in [-0.2, 0) is 6.54 Å². The molecule has 5 nitrogen and oxygen atoms in total. The van der Waals surface area contributed by atoms with Crippen molar-refractivity contribution in [3.05, 3.63) is 84.5 Å². The number of anilines is 3. The quantitative estimate of drug-likeness (QED) is 0.286. The van der Waals surface area contributed by atoms with E-state index in [4.69, 9.17) is 0 Å². The summed E-state index contributed by atoms with van der Waals surface area (Å²) in [6.45, 7) is 14.0. The standard InChI is InChI=1S/C22H24FN5.C2H4/c1-4-5-7-16-13-17(9-10-20(16)24-3)27-21-15(2)12-19(23)22(28-21)26-14-18-8-6-11-25-18;1-2/h5-13,25H,3-4,14H2,1-2H3,(H2,26,27,28);1-2H2/b7-5-;. The van der Waals surface area contributed by atoms with E-state index in [1.807, 2.05) is 49.5 Å². The van der Waals surface area contributed by atoms with Crippen molar-refractivity contribution in [1.82, 2.24) is 9.97 Å². The molecule has 3 rings (SSSR count). The monoisotopic (exact) mass is 405 g/mol. The predicted molar refractivity (Wildman–Crippen MR) is 127 cm³/mol. The van der Waals surface area contributed by atoms with Crippen LogP contribution in [0.3, 0.4) is 0 Å². The van der Waals surface area contributed by atoms with E-state index in [1.54, 1.807) is 0 Å². The average molecular weight is 406 g/mol. The number of hydrogen-bond donors (Lipinski definition) is 3. The van der Waals surface area contributed by atoms with Gasteiger partial charge in [0.1, 0.15) is 5.82 Å². The molecule has 0 bridgehead atoms. The number of aliphatic imine (C=N–C) groups is 1. The maximum atomic E-state index is 14.3. The Bertz CT molecular complexity index is 993. The summed E-state index contributed by atoms with van der Waals surface area (Å²) < 4.78 is 14.3. The number of H-pyrrole nitrogens is 1. The van der Waals surface area contributed by atoms with E-state index in [0.29, 0.717) is 12.4 Å². The van der Waals surface area contributed by atoms with Gasteiger partial charge in [0, 0.05) is 23.1 Å². The molecular formula is C24H28FN5. The van der Waals surface area contributed by atoms with Gasteiger partial charge in [-0.05, 0) is 62.0 Å². The first kappa shape index (κ1) is 22.6. The summed E-state index contributed by atoms with van der Waals surface area (Å²) in [6, 6.07) is 11.1. The lowest BCUT2D eigenvalue weighted by molar-refractivity contribution is 0.623. The molecule has 0 atom stereocenters.